The van der Waals surface area contributed by atoms with Crippen LogP contribution >= 0.6 is 0 Å². The summed E-state index contributed by atoms with van der Waals surface area (Å²) < 4.78 is 5.03. The maximum Gasteiger partial charge on any atom is 0.0662 e. The summed E-state index contributed by atoms with van der Waals surface area (Å²) >= 11 is 0. The highest BCUT2D eigenvalue weighted by atomic mass is 16.5. The van der Waals surface area contributed by atoms with Gasteiger partial charge in [0.2, 0.25) is 0 Å². The molecule has 3 atom stereocenters. The first-order chi connectivity index (χ1) is 5.61. The van der Waals surface area contributed by atoms with Gasteiger partial charge in [-0.15, -0.1) is 0 Å². The summed E-state index contributed by atoms with van der Waals surface area (Å²) in [6.07, 6.45) is 0.709. The van der Waals surface area contributed by atoms with Crippen molar-refractivity contribution < 1.29 is 9.84 Å². The van der Waals surface area contributed by atoms with Gasteiger partial charge in [0.05, 0.1) is 12.7 Å². The van der Waals surface area contributed by atoms with Crippen LogP contribution in [0.2, 0.25) is 0 Å². The maximum absolute atomic E-state index is 9.23. The lowest BCUT2D eigenvalue weighted by molar-refractivity contribution is 0.118. The van der Waals surface area contributed by atoms with E-state index < -0.39 is 0 Å². The van der Waals surface area contributed by atoms with Gasteiger partial charge in [-0.05, 0) is 20.3 Å². The Morgan fingerprint density at radius 1 is 1.42 bits per heavy atom. The van der Waals surface area contributed by atoms with Crippen LogP contribution in [0.1, 0.15) is 27.2 Å². The molecule has 0 bridgehead atoms. The molecule has 3 heteroatoms. The van der Waals surface area contributed by atoms with Crippen molar-refractivity contribution in [2.75, 3.05) is 13.7 Å². The highest BCUT2D eigenvalue weighted by Crippen LogP contribution is 1.97. The van der Waals surface area contributed by atoms with Gasteiger partial charge in [0.15, 0.2) is 0 Å². The van der Waals surface area contributed by atoms with Crippen molar-refractivity contribution in [3.05, 3.63) is 0 Å². The normalized spacial score (nSPS) is 18.8. The molecule has 0 aromatic carbocycles. The molecule has 0 spiro atoms. The minimum atomic E-state index is -0.309. The average molecular weight is 175 g/mol. The first-order valence-electron chi connectivity index (χ1n) is 4.54. The van der Waals surface area contributed by atoms with Crippen molar-refractivity contribution in [2.24, 2.45) is 0 Å². The minimum Gasteiger partial charge on any atom is -0.392 e. The SMILES string of the molecule is CCC(COC)NC(C)C(C)O. The summed E-state index contributed by atoms with van der Waals surface area (Å²) in [5.41, 5.74) is 0. The Labute approximate surface area is 75.1 Å². The molecule has 0 radical (unpaired) electrons. The van der Waals surface area contributed by atoms with Crippen LogP contribution in [0.5, 0.6) is 0 Å². The van der Waals surface area contributed by atoms with E-state index in [1.807, 2.05) is 6.92 Å². The predicted molar refractivity (Wildman–Crippen MR) is 50.2 cm³/mol. The Bertz CT molecular complexity index is 107. The summed E-state index contributed by atoms with van der Waals surface area (Å²) in [4.78, 5) is 0. The monoisotopic (exact) mass is 175 g/mol. The largest absolute Gasteiger partial charge is 0.392 e. The van der Waals surface area contributed by atoms with Crippen LogP contribution in [0.15, 0.2) is 0 Å². The van der Waals surface area contributed by atoms with Crippen molar-refractivity contribution in [1.82, 2.24) is 5.32 Å². The molecule has 0 fully saturated rings. The van der Waals surface area contributed by atoms with Gasteiger partial charge in [-0.25, -0.2) is 0 Å². The van der Waals surface area contributed by atoms with Gasteiger partial charge in [0, 0.05) is 19.2 Å². The molecule has 0 amide bonds. The van der Waals surface area contributed by atoms with Crippen molar-refractivity contribution in [3.8, 4) is 0 Å². The van der Waals surface area contributed by atoms with E-state index in [0.717, 1.165) is 6.42 Å². The molecule has 0 heterocycles. The van der Waals surface area contributed by atoms with Crippen molar-refractivity contribution >= 4 is 0 Å². The second-order valence-electron chi connectivity index (χ2n) is 3.26. The molecule has 3 nitrogen and oxygen atoms in total. The lowest BCUT2D eigenvalue weighted by Gasteiger charge is -2.23. The Morgan fingerprint density at radius 2 is 2.00 bits per heavy atom. The number of hydrogen-bond acceptors (Lipinski definition) is 3. The Morgan fingerprint density at radius 3 is 2.33 bits per heavy atom. The van der Waals surface area contributed by atoms with Crippen LogP contribution in [0.4, 0.5) is 0 Å². The first kappa shape index (κ1) is 11.9. The van der Waals surface area contributed by atoms with Gasteiger partial charge in [-0.2, -0.15) is 0 Å². The standard InChI is InChI=1S/C9H21NO2/c1-5-9(6-12-4)10-7(2)8(3)11/h7-11H,5-6H2,1-4H3. The molecule has 0 aliphatic heterocycles. The van der Waals surface area contributed by atoms with Crippen LogP contribution in [-0.4, -0.2) is 37.0 Å². The van der Waals surface area contributed by atoms with Crippen LogP contribution in [0, 0.1) is 0 Å². The van der Waals surface area contributed by atoms with Crippen molar-refractivity contribution in [2.45, 2.75) is 45.4 Å². The maximum atomic E-state index is 9.23. The van der Waals surface area contributed by atoms with E-state index >= 15 is 0 Å². The van der Waals surface area contributed by atoms with E-state index in [2.05, 4.69) is 12.2 Å². The number of aliphatic hydroxyl groups excluding tert-OH is 1. The molecule has 0 saturated carbocycles. The fourth-order valence-electron chi connectivity index (χ4n) is 0.996. The molecular weight excluding hydrogens is 154 g/mol. The zero-order chi connectivity index (χ0) is 9.56. The lowest BCUT2D eigenvalue weighted by Crippen LogP contribution is -2.44. The third-order valence-corrected chi connectivity index (χ3v) is 2.08. The summed E-state index contributed by atoms with van der Waals surface area (Å²) in [5, 5.41) is 12.5. The van der Waals surface area contributed by atoms with E-state index in [1.54, 1.807) is 14.0 Å². The fraction of sp³-hybridized carbons (Fsp3) is 1.00. The third kappa shape index (κ3) is 4.70. The van der Waals surface area contributed by atoms with Crippen LogP contribution in [-0.2, 0) is 4.74 Å². The Hall–Kier alpha value is -0.120. The quantitative estimate of drug-likeness (QED) is 0.626. The van der Waals surface area contributed by atoms with Crippen molar-refractivity contribution in [1.29, 1.82) is 0 Å². The number of hydrogen-bond donors (Lipinski definition) is 2. The molecular formula is C9H21NO2. The molecule has 0 aromatic heterocycles. The van der Waals surface area contributed by atoms with Crippen LogP contribution in [0.25, 0.3) is 0 Å². The molecule has 74 valence electrons. The third-order valence-electron chi connectivity index (χ3n) is 2.08. The highest BCUT2D eigenvalue weighted by Gasteiger charge is 2.13. The molecule has 0 rings (SSSR count). The zero-order valence-electron chi connectivity index (χ0n) is 8.50. The molecule has 0 aliphatic rings. The Balaban J connectivity index is 3.68. The molecule has 0 aliphatic carbocycles. The highest BCUT2D eigenvalue weighted by molar-refractivity contribution is 4.73. The number of aliphatic hydroxyl groups is 1. The van der Waals surface area contributed by atoms with Gasteiger partial charge in [-0.1, -0.05) is 6.92 Å². The summed E-state index contributed by atoms with van der Waals surface area (Å²) in [7, 11) is 1.69. The number of rotatable bonds is 6. The van der Waals surface area contributed by atoms with Crippen LogP contribution < -0.4 is 5.32 Å². The molecule has 0 saturated heterocycles. The van der Waals surface area contributed by atoms with Gasteiger partial charge in [0.1, 0.15) is 0 Å². The molecule has 12 heavy (non-hydrogen) atoms. The summed E-state index contributed by atoms with van der Waals surface area (Å²) in [6.45, 7) is 6.57. The van der Waals surface area contributed by atoms with Gasteiger partial charge in [0.25, 0.3) is 0 Å². The fourth-order valence-corrected chi connectivity index (χ4v) is 0.996. The zero-order valence-corrected chi connectivity index (χ0v) is 8.50. The van der Waals surface area contributed by atoms with E-state index in [0.29, 0.717) is 12.6 Å². The van der Waals surface area contributed by atoms with E-state index in [1.165, 1.54) is 0 Å². The molecule has 2 N–H and O–H groups in total. The first-order valence-corrected chi connectivity index (χ1v) is 4.54. The Kier molecular flexibility index (Phi) is 6.34. The van der Waals surface area contributed by atoms with Gasteiger partial charge >= 0.3 is 0 Å². The predicted octanol–water partition coefficient (Wildman–Crippen LogP) is 0.770. The van der Waals surface area contributed by atoms with Gasteiger partial charge in [-0.3, -0.25) is 0 Å². The minimum absolute atomic E-state index is 0.130. The second-order valence-corrected chi connectivity index (χ2v) is 3.26. The lowest BCUT2D eigenvalue weighted by atomic mass is 10.1. The second kappa shape index (κ2) is 6.40. The number of ether oxygens (including phenoxy) is 1. The van der Waals surface area contributed by atoms with E-state index in [9.17, 15) is 5.11 Å². The van der Waals surface area contributed by atoms with Gasteiger partial charge < -0.3 is 15.2 Å². The molecule has 0 aromatic rings. The van der Waals surface area contributed by atoms with E-state index in [-0.39, 0.29) is 12.1 Å². The van der Waals surface area contributed by atoms with E-state index in [4.69, 9.17) is 4.74 Å². The number of methoxy groups -OCH3 is 1. The topological polar surface area (TPSA) is 41.5 Å². The number of nitrogens with one attached hydrogen (secondary N) is 1. The smallest absolute Gasteiger partial charge is 0.0662 e. The van der Waals surface area contributed by atoms with Crippen molar-refractivity contribution in [3.63, 3.8) is 0 Å². The summed E-state index contributed by atoms with van der Waals surface area (Å²) in [6, 6.07) is 0.477. The average Bonchev–Trinajstić information content (AvgIpc) is 2.03. The summed E-state index contributed by atoms with van der Waals surface area (Å²) in [5.74, 6) is 0. The molecule has 3 unspecified atom stereocenters. The van der Waals surface area contributed by atoms with Crippen LogP contribution in [0.3, 0.4) is 0 Å².